The summed E-state index contributed by atoms with van der Waals surface area (Å²) in [6.45, 7) is 2.83. The number of hydrogen-bond donors (Lipinski definition) is 1. The number of hydrogen-bond acceptors (Lipinski definition) is 5. The van der Waals surface area contributed by atoms with Crippen molar-refractivity contribution in [3.8, 4) is 0 Å². The van der Waals surface area contributed by atoms with E-state index in [1.54, 1.807) is 35.9 Å². The first kappa shape index (κ1) is 12.6. The van der Waals surface area contributed by atoms with E-state index in [-0.39, 0.29) is 5.97 Å². The Labute approximate surface area is 110 Å². The Morgan fingerprint density at radius 3 is 3.11 bits per heavy atom. The van der Waals surface area contributed by atoms with E-state index in [2.05, 4.69) is 10.3 Å². The van der Waals surface area contributed by atoms with Crippen LogP contribution < -0.4 is 5.32 Å². The van der Waals surface area contributed by atoms with Crippen molar-refractivity contribution < 1.29 is 9.53 Å². The van der Waals surface area contributed by atoms with Gasteiger partial charge >= 0.3 is 5.97 Å². The van der Waals surface area contributed by atoms with Gasteiger partial charge in [0.2, 0.25) is 0 Å². The van der Waals surface area contributed by atoms with Crippen molar-refractivity contribution in [2.45, 2.75) is 13.5 Å². The number of rotatable bonds is 5. The zero-order valence-electron chi connectivity index (χ0n) is 10.1. The normalized spacial score (nSPS) is 10.1. The number of esters is 1. The molecule has 0 bridgehead atoms. The van der Waals surface area contributed by atoms with Crippen LogP contribution >= 0.6 is 11.3 Å². The highest BCUT2D eigenvalue weighted by molar-refractivity contribution is 7.07. The molecular weight excluding hydrogens is 248 g/mol. The molecule has 0 amide bonds. The summed E-state index contributed by atoms with van der Waals surface area (Å²) < 4.78 is 4.96. The zero-order valence-corrected chi connectivity index (χ0v) is 10.9. The molecule has 94 valence electrons. The van der Waals surface area contributed by atoms with Crippen LogP contribution in [0.5, 0.6) is 0 Å². The summed E-state index contributed by atoms with van der Waals surface area (Å²) >= 11 is 1.56. The Balaban J connectivity index is 2.01. The van der Waals surface area contributed by atoms with Gasteiger partial charge in [-0.3, -0.25) is 0 Å². The monoisotopic (exact) mass is 262 g/mol. The second-order valence-corrected chi connectivity index (χ2v) is 4.35. The highest BCUT2D eigenvalue weighted by atomic mass is 32.1. The molecule has 2 aromatic rings. The SMILES string of the molecule is CCOC(=O)c1cccc(NCc2cscn2)c1. The summed E-state index contributed by atoms with van der Waals surface area (Å²) in [5.74, 6) is -0.296. The quantitative estimate of drug-likeness (QED) is 0.842. The first-order valence-corrected chi connectivity index (χ1v) is 6.62. The molecule has 5 heteroatoms. The van der Waals surface area contributed by atoms with E-state index in [0.717, 1.165) is 11.4 Å². The third-order valence-corrected chi connectivity index (χ3v) is 2.97. The van der Waals surface area contributed by atoms with E-state index in [1.165, 1.54) is 0 Å². The molecule has 0 aliphatic carbocycles. The molecule has 4 nitrogen and oxygen atoms in total. The maximum absolute atomic E-state index is 11.6. The minimum absolute atomic E-state index is 0.296. The molecule has 1 aromatic heterocycles. The van der Waals surface area contributed by atoms with E-state index in [0.29, 0.717) is 18.7 Å². The number of anilines is 1. The molecule has 1 N–H and O–H groups in total. The number of carbonyl (C=O) groups is 1. The smallest absolute Gasteiger partial charge is 0.338 e. The third-order valence-electron chi connectivity index (χ3n) is 2.33. The fourth-order valence-electron chi connectivity index (χ4n) is 1.49. The number of nitrogens with one attached hydrogen (secondary N) is 1. The first-order chi connectivity index (χ1) is 8.79. The van der Waals surface area contributed by atoms with Gasteiger partial charge in [-0.1, -0.05) is 6.07 Å². The first-order valence-electron chi connectivity index (χ1n) is 5.67. The minimum atomic E-state index is -0.296. The zero-order chi connectivity index (χ0) is 12.8. The summed E-state index contributed by atoms with van der Waals surface area (Å²) in [5.41, 5.74) is 4.22. The molecular formula is C13H14N2O2S. The van der Waals surface area contributed by atoms with Gasteiger partial charge in [-0.25, -0.2) is 9.78 Å². The lowest BCUT2D eigenvalue weighted by Gasteiger charge is -2.06. The predicted molar refractivity (Wildman–Crippen MR) is 71.8 cm³/mol. The molecule has 18 heavy (non-hydrogen) atoms. The average Bonchev–Trinajstić information content (AvgIpc) is 2.90. The van der Waals surface area contributed by atoms with Crippen molar-refractivity contribution in [2.24, 2.45) is 0 Å². The van der Waals surface area contributed by atoms with Crippen LogP contribution in [-0.4, -0.2) is 17.6 Å². The van der Waals surface area contributed by atoms with Crippen molar-refractivity contribution in [1.29, 1.82) is 0 Å². The van der Waals surface area contributed by atoms with Crippen molar-refractivity contribution in [1.82, 2.24) is 4.98 Å². The topological polar surface area (TPSA) is 51.2 Å². The Morgan fingerprint density at radius 2 is 2.39 bits per heavy atom. The molecule has 0 saturated heterocycles. The van der Waals surface area contributed by atoms with Crippen molar-refractivity contribution in [3.05, 3.63) is 46.4 Å². The van der Waals surface area contributed by atoms with E-state index >= 15 is 0 Å². The van der Waals surface area contributed by atoms with Crippen LogP contribution in [0, 0.1) is 0 Å². The molecule has 1 heterocycles. The van der Waals surface area contributed by atoms with E-state index in [4.69, 9.17) is 4.74 Å². The molecule has 0 radical (unpaired) electrons. The highest BCUT2D eigenvalue weighted by Crippen LogP contribution is 2.13. The average molecular weight is 262 g/mol. The largest absolute Gasteiger partial charge is 0.462 e. The molecule has 0 saturated carbocycles. The molecule has 2 rings (SSSR count). The lowest BCUT2D eigenvalue weighted by atomic mass is 10.2. The van der Waals surface area contributed by atoms with Crippen LogP contribution in [0.25, 0.3) is 0 Å². The molecule has 0 aliphatic rings. The van der Waals surface area contributed by atoms with Crippen LogP contribution in [-0.2, 0) is 11.3 Å². The maximum Gasteiger partial charge on any atom is 0.338 e. The lowest BCUT2D eigenvalue weighted by Crippen LogP contribution is -2.06. The lowest BCUT2D eigenvalue weighted by molar-refractivity contribution is 0.0526. The minimum Gasteiger partial charge on any atom is -0.462 e. The van der Waals surface area contributed by atoms with Gasteiger partial charge in [0.1, 0.15) is 0 Å². The van der Waals surface area contributed by atoms with Gasteiger partial charge in [0.15, 0.2) is 0 Å². The summed E-state index contributed by atoms with van der Waals surface area (Å²) in [4.78, 5) is 15.8. The van der Waals surface area contributed by atoms with Gasteiger partial charge < -0.3 is 10.1 Å². The number of benzene rings is 1. The number of ether oxygens (including phenoxy) is 1. The van der Waals surface area contributed by atoms with Crippen LogP contribution in [0.2, 0.25) is 0 Å². The van der Waals surface area contributed by atoms with Crippen molar-refractivity contribution >= 4 is 23.0 Å². The number of thiazole rings is 1. The fraction of sp³-hybridized carbons (Fsp3) is 0.231. The van der Waals surface area contributed by atoms with Crippen LogP contribution in [0.15, 0.2) is 35.2 Å². The van der Waals surface area contributed by atoms with E-state index in [9.17, 15) is 4.79 Å². The van der Waals surface area contributed by atoms with Gasteiger partial charge in [0, 0.05) is 11.1 Å². The number of aromatic nitrogens is 1. The molecule has 1 aromatic carbocycles. The third kappa shape index (κ3) is 3.30. The van der Waals surface area contributed by atoms with Crippen LogP contribution in [0.3, 0.4) is 0 Å². The Hall–Kier alpha value is -1.88. The van der Waals surface area contributed by atoms with Gasteiger partial charge in [-0.2, -0.15) is 0 Å². The highest BCUT2D eigenvalue weighted by Gasteiger charge is 2.06. The maximum atomic E-state index is 11.6. The molecule has 0 spiro atoms. The van der Waals surface area contributed by atoms with E-state index in [1.807, 2.05) is 17.5 Å². The standard InChI is InChI=1S/C13H14N2O2S/c1-2-17-13(16)10-4-3-5-11(6-10)14-7-12-8-18-9-15-12/h3-6,8-9,14H,2,7H2,1H3. The summed E-state index contributed by atoms with van der Waals surface area (Å²) in [7, 11) is 0. The Bertz CT molecular complexity index is 511. The molecule has 0 atom stereocenters. The van der Waals surface area contributed by atoms with Gasteiger partial charge in [0.25, 0.3) is 0 Å². The predicted octanol–water partition coefficient (Wildman–Crippen LogP) is 2.93. The van der Waals surface area contributed by atoms with Crippen molar-refractivity contribution in [2.75, 3.05) is 11.9 Å². The van der Waals surface area contributed by atoms with Gasteiger partial charge in [0.05, 0.1) is 29.9 Å². The van der Waals surface area contributed by atoms with E-state index < -0.39 is 0 Å². The number of nitrogens with zero attached hydrogens (tertiary/aromatic N) is 1. The van der Waals surface area contributed by atoms with Gasteiger partial charge in [-0.15, -0.1) is 11.3 Å². The van der Waals surface area contributed by atoms with Crippen molar-refractivity contribution in [3.63, 3.8) is 0 Å². The fourth-order valence-corrected chi connectivity index (χ4v) is 2.05. The van der Waals surface area contributed by atoms with Crippen LogP contribution in [0.1, 0.15) is 23.0 Å². The second kappa shape index (κ2) is 6.16. The molecule has 0 unspecified atom stereocenters. The molecule has 0 aliphatic heterocycles. The second-order valence-electron chi connectivity index (χ2n) is 3.63. The summed E-state index contributed by atoms with van der Waals surface area (Å²) in [6, 6.07) is 7.26. The number of carbonyl (C=O) groups excluding carboxylic acids is 1. The summed E-state index contributed by atoms with van der Waals surface area (Å²) in [6.07, 6.45) is 0. The van der Waals surface area contributed by atoms with Gasteiger partial charge in [-0.05, 0) is 25.1 Å². The van der Waals surface area contributed by atoms with Crippen LogP contribution in [0.4, 0.5) is 5.69 Å². The summed E-state index contributed by atoms with van der Waals surface area (Å²) in [5, 5.41) is 5.21. The molecule has 0 fully saturated rings. The Morgan fingerprint density at radius 1 is 1.50 bits per heavy atom. The Kier molecular flexibility index (Phi) is 4.30.